The van der Waals surface area contributed by atoms with Gasteiger partial charge in [0.05, 0.1) is 0 Å². The van der Waals surface area contributed by atoms with Gasteiger partial charge in [-0.1, -0.05) is 0 Å². The third-order valence-electron chi connectivity index (χ3n) is 6.55. The first-order valence-electron chi connectivity index (χ1n) is 9.86. The zero-order valence-electron chi connectivity index (χ0n) is 15.0. The van der Waals surface area contributed by atoms with Gasteiger partial charge in [-0.2, -0.15) is 5.53 Å². The molecule has 0 radical (unpaired) electrons. The van der Waals surface area contributed by atoms with Crippen LogP contribution in [0.4, 0.5) is 5.95 Å². The lowest BCUT2D eigenvalue weighted by Crippen LogP contribution is -2.52. The highest BCUT2D eigenvalue weighted by Gasteiger charge is 2.43. The highest BCUT2D eigenvalue weighted by Crippen LogP contribution is 2.33. The molecule has 8 nitrogen and oxygen atoms in total. The number of rotatable bonds is 2. The van der Waals surface area contributed by atoms with Crippen molar-refractivity contribution in [2.24, 2.45) is 11.8 Å². The Morgan fingerprint density at radius 3 is 2.73 bits per heavy atom. The van der Waals surface area contributed by atoms with Gasteiger partial charge in [-0.05, 0) is 44.1 Å². The zero-order chi connectivity index (χ0) is 17.5. The van der Waals surface area contributed by atoms with Gasteiger partial charge in [-0.15, -0.1) is 0 Å². The SMILES string of the molecule is O=C(C1CCC2NNNC2C1)N1C[C@H]2CC[C@@H]1CN(c1ncccn1)C2. The number of nitrogens with zero attached hydrogens (tertiary/aromatic N) is 4. The van der Waals surface area contributed by atoms with Gasteiger partial charge in [0.15, 0.2) is 0 Å². The van der Waals surface area contributed by atoms with Gasteiger partial charge in [0.2, 0.25) is 11.9 Å². The number of hydrogen-bond donors (Lipinski definition) is 3. The monoisotopic (exact) mass is 357 g/mol. The average molecular weight is 357 g/mol. The number of carbonyl (C=O) groups excluding carboxylic acids is 1. The van der Waals surface area contributed by atoms with Crippen LogP contribution >= 0.6 is 0 Å². The van der Waals surface area contributed by atoms with Crippen LogP contribution in [0, 0.1) is 11.8 Å². The number of nitrogens with one attached hydrogen (secondary N) is 3. The summed E-state index contributed by atoms with van der Waals surface area (Å²) in [5, 5.41) is 0. The lowest BCUT2D eigenvalue weighted by atomic mass is 9.81. The van der Waals surface area contributed by atoms with Crippen LogP contribution in [0.5, 0.6) is 0 Å². The summed E-state index contributed by atoms with van der Waals surface area (Å²) in [6.45, 7) is 2.70. The first-order chi connectivity index (χ1) is 12.8. The van der Waals surface area contributed by atoms with Gasteiger partial charge in [0, 0.05) is 56.1 Å². The molecule has 2 bridgehead atoms. The Labute approximate surface area is 153 Å². The van der Waals surface area contributed by atoms with E-state index in [9.17, 15) is 4.79 Å². The van der Waals surface area contributed by atoms with E-state index in [1.54, 1.807) is 12.4 Å². The second-order valence-corrected chi connectivity index (χ2v) is 8.18. The summed E-state index contributed by atoms with van der Waals surface area (Å²) in [6.07, 6.45) is 8.84. The van der Waals surface area contributed by atoms with E-state index in [0.29, 0.717) is 23.9 Å². The summed E-state index contributed by atoms with van der Waals surface area (Å²) >= 11 is 0. The predicted octanol–water partition coefficient (Wildman–Crippen LogP) is 0.0535. The van der Waals surface area contributed by atoms with Crippen molar-refractivity contribution in [3.05, 3.63) is 18.5 Å². The fourth-order valence-electron chi connectivity index (χ4n) is 5.16. The van der Waals surface area contributed by atoms with E-state index in [1.165, 1.54) is 6.42 Å². The molecule has 0 spiro atoms. The van der Waals surface area contributed by atoms with Crippen molar-refractivity contribution in [2.75, 3.05) is 24.5 Å². The molecule has 3 unspecified atom stereocenters. The standard InChI is InChI=1S/C18H27N7O/c26-17(13-3-5-15-16(8-13)22-23-21-15)25-10-12-2-4-14(25)11-24(9-12)18-19-6-1-7-20-18/h1,6-7,12-16,21-23H,2-5,8-11H2/t12-,13?,14+,15?,16?/m0/s1. The van der Waals surface area contributed by atoms with Crippen LogP contribution in [-0.4, -0.2) is 58.5 Å². The van der Waals surface area contributed by atoms with Crippen molar-refractivity contribution in [2.45, 2.75) is 50.2 Å². The first kappa shape index (κ1) is 16.4. The summed E-state index contributed by atoms with van der Waals surface area (Å²) < 4.78 is 0. The van der Waals surface area contributed by atoms with E-state index in [-0.39, 0.29) is 12.0 Å². The average Bonchev–Trinajstić information content (AvgIpc) is 2.97. The molecule has 0 aromatic carbocycles. The molecule has 5 fully saturated rings. The molecule has 1 aliphatic carbocycles. The van der Waals surface area contributed by atoms with Crippen molar-refractivity contribution in [1.29, 1.82) is 0 Å². The summed E-state index contributed by atoms with van der Waals surface area (Å²) in [4.78, 5) is 26.7. The quantitative estimate of drug-likeness (QED) is 0.690. The maximum absolute atomic E-state index is 13.3. The number of anilines is 1. The van der Waals surface area contributed by atoms with Gasteiger partial charge in [-0.25, -0.2) is 20.8 Å². The van der Waals surface area contributed by atoms with E-state index in [0.717, 1.165) is 51.3 Å². The number of hydrazine groups is 2. The minimum Gasteiger partial charge on any atom is -0.338 e. The number of amides is 1. The summed E-state index contributed by atoms with van der Waals surface area (Å²) in [6, 6.07) is 2.94. The second kappa shape index (κ2) is 6.75. The van der Waals surface area contributed by atoms with Crippen LogP contribution in [0.25, 0.3) is 0 Å². The molecular formula is C18H27N7O. The molecule has 26 heavy (non-hydrogen) atoms. The Kier molecular flexibility index (Phi) is 4.26. The Bertz CT molecular complexity index is 656. The van der Waals surface area contributed by atoms with Crippen LogP contribution in [-0.2, 0) is 4.79 Å². The predicted molar refractivity (Wildman–Crippen MR) is 96.8 cm³/mol. The Balaban J connectivity index is 1.30. The number of piperidine rings is 1. The molecule has 6 rings (SSSR count). The van der Waals surface area contributed by atoms with Crippen LogP contribution in [0.2, 0.25) is 0 Å². The zero-order valence-corrected chi connectivity index (χ0v) is 15.0. The molecule has 1 aromatic rings. The van der Waals surface area contributed by atoms with Crippen molar-refractivity contribution >= 4 is 11.9 Å². The number of fused-ring (bicyclic) bond motifs is 5. The van der Waals surface area contributed by atoms with Gasteiger partial charge >= 0.3 is 0 Å². The lowest BCUT2D eigenvalue weighted by Gasteiger charge is -2.40. The molecule has 4 saturated heterocycles. The summed E-state index contributed by atoms with van der Waals surface area (Å²) in [7, 11) is 0. The Morgan fingerprint density at radius 2 is 1.85 bits per heavy atom. The number of carbonyl (C=O) groups is 1. The fourth-order valence-corrected chi connectivity index (χ4v) is 5.16. The largest absolute Gasteiger partial charge is 0.338 e. The molecule has 140 valence electrons. The molecule has 5 heterocycles. The van der Waals surface area contributed by atoms with E-state index >= 15 is 0 Å². The van der Waals surface area contributed by atoms with Crippen molar-refractivity contribution < 1.29 is 4.79 Å². The molecule has 3 N–H and O–H groups in total. The van der Waals surface area contributed by atoms with Crippen LogP contribution in [0.1, 0.15) is 32.1 Å². The smallest absolute Gasteiger partial charge is 0.226 e. The van der Waals surface area contributed by atoms with Crippen molar-refractivity contribution in [3.63, 3.8) is 0 Å². The normalized spacial score (nSPS) is 36.7. The van der Waals surface area contributed by atoms with Crippen LogP contribution in [0.15, 0.2) is 18.5 Å². The van der Waals surface area contributed by atoms with E-state index in [2.05, 4.69) is 36.2 Å². The molecular weight excluding hydrogens is 330 g/mol. The number of aromatic nitrogens is 2. The van der Waals surface area contributed by atoms with Crippen LogP contribution in [0.3, 0.4) is 0 Å². The third kappa shape index (κ3) is 2.95. The molecule has 8 heteroatoms. The van der Waals surface area contributed by atoms with Gasteiger partial charge in [0.25, 0.3) is 0 Å². The molecule has 1 saturated carbocycles. The summed E-state index contributed by atoms with van der Waals surface area (Å²) in [5.41, 5.74) is 9.54. The minimum atomic E-state index is 0.145. The second-order valence-electron chi connectivity index (χ2n) is 8.18. The lowest BCUT2D eigenvalue weighted by molar-refractivity contribution is -0.141. The maximum Gasteiger partial charge on any atom is 0.226 e. The van der Waals surface area contributed by atoms with Gasteiger partial charge in [0.1, 0.15) is 0 Å². The van der Waals surface area contributed by atoms with E-state index in [4.69, 9.17) is 0 Å². The minimum absolute atomic E-state index is 0.145. The Morgan fingerprint density at radius 1 is 1.00 bits per heavy atom. The molecule has 1 amide bonds. The third-order valence-corrected chi connectivity index (χ3v) is 6.55. The topological polar surface area (TPSA) is 85.4 Å². The molecule has 5 atom stereocenters. The fraction of sp³-hybridized carbons (Fsp3) is 0.722. The molecule has 1 aromatic heterocycles. The summed E-state index contributed by atoms with van der Waals surface area (Å²) in [5.74, 6) is 1.83. The van der Waals surface area contributed by atoms with Gasteiger partial charge < -0.3 is 9.80 Å². The Hall–Kier alpha value is -1.77. The highest BCUT2D eigenvalue weighted by molar-refractivity contribution is 5.79. The van der Waals surface area contributed by atoms with Crippen molar-refractivity contribution in [1.82, 2.24) is 31.3 Å². The number of hydrogen-bond acceptors (Lipinski definition) is 7. The maximum atomic E-state index is 13.3. The van der Waals surface area contributed by atoms with Crippen LogP contribution < -0.4 is 21.3 Å². The van der Waals surface area contributed by atoms with Gasteiger partial charge in [-0.3, -0.25) is 4.79 Å². The highest BCUT2D eigenvalue weighted by atomic mass is 16.2. The molecule has 4 aliphatic heterocycles. The molecule has 5 aliphatic rings. The van der Waals surface area contributed by atoms with Crippen molar-refractivity contribution in [3.8, 4) is 0 Å². The van der Waals surface area contributed by atoms with E-state index in [1.807, 2.05) is 6.07 Å². The first-order valence-corrected chi connectivity index (χ1v) is 9.86. The van der Waals surface area contributed by atoms with E-state index < -0.39 is 0 Å².